The smallest absolute Gasteiger partial charge is 0.0345 e. The highest BCUT2D eigenvalue weighted by Gasteiger charge is 1.96. The molecule has 0 heterocycles. The van der Waals surface area contributed by atoms with Crippen molar-refractivity contribution in [1.29, 1.82) is 0 Å². The standard InChI is InChI=1S/C15H20N4.4ClH/c1-11-10-14(6-7-15(11)17)19-9-8-18-13-4-2-12(16)3-5-13;;;;/h2-7,10,18-19H,8-9,16-17H2,1H3;4*1H. The Bertz CT molecular complexity index is 550. The first-order valence-electron chi connectivity index (χ1n) is 6.34. The first-order valence-corrected chi connectivity index (χ1v) is 6.34. The Balaban J connectivity index is -0.000001000. The normalized spacial score (nSPS) is 8.39. The number of hydrogen-bond donors (Lipinski definition) is 4. The third-order valence-electron chi connectivity index (χ3n) is 2.96. The number of anilines is 4. The molecule has 0 spiro atoms. The van der Waals surface area contributed by atoms with E-state index >= 15 is 0 Å². The Morgan fingerprint density at radius 2 is 1.22 bits per heavy atom. The van der Waals surface area contributed by atoms with Gasteiger partial charge in [0.2, 0.25) is 0 Å². The van der Waals surface area contributed by atoms with Crippen molar-refractivity contribution in [3.63, 3.8) is 0 Å². The minimum absolute atomic E-state index is 0. The number of halogens is 4. The molecular formula is C15H24Cl4N4. The topological polar surface area (TPSA) is 76.1 Å². The molecule has 0 unspecified atom stereocenters. The zero-order chi connectivity index (χ0) is 13.7. The van der Waals surface area contributed by atoms with Crippen LogP contribution >= 0.6 is 49.6 Å². The second kappa shape index (κ2) is 13.3. The van der Waals surface area contributed by atoms with E-state index in [4.69, 9.17) is 11.5 Å². The van der Waals surface area contributed by atoms with E-state index in [0.717, 1.165) is 41.4 Å². The Labute approximate surface area is 162 Å². The Morgan fingerprint density at radius 1 is 0.739 bits per heavy atom. The quantitative estimate of drug-likeness (QED) is 0.443. The fourth-order valence-electron chi connectivity index (χ4n) is 1.80. The van der Waals surface area contributed by atoms with Crippen LogP contribution in [0.4, 0.5) is 22.7 Å². The van der Waals surface area contributed by atoms with Crippen molar-refractivity contribution in [2.45, 2.75) is 6.92 Å². The van der Waals surface area contributed by atoms with Crippen molar-refractivity contribution >= 4 is 72.4 Å². The van der Waals surface area contributed by atoms with Gasteiger partial charge < -0.3 is 22.1 Å². The van der Waals surface area contributed by atoms with E-state index in [1.807, 2.05) is 43.3 Å². The molecule has 8 heteroatoms. The molecule has 0 saturated carbocycles. The first kappa shape index (κ1) is 26.7. The largest absolute Gasteiger partial charge is 0.399 e. The van der Waals surface area contributed by atoms with Crippen LogP contribution in [0.2, 0.25) is 0 Å². The number of nitrogen functional groups attached to an aromatic ring is 2. The summed E-state index contributed by atoms with van der Waals surface area (Å²) in [6.45, 7) is 3.69. The molecule has 6 N–H and O–H groups in total. The molecule has 0 bridgehead atoms. The van der Waals surface area contributed by atoms with Crippen LogP contribution in [0.1, 0.15) is 5.56 Å². The van der Waals surface area contributed by atoms with Gasteiger partial charge in [-0.3, -0.25) is 0 Å². The van der Waals surface area contributed by atoms with E-state index in [1.54, 1.807) is 0 Å². The van der Waals surface area contributed by atoms with Crippen LogP contribution in [-0.4, -0.2) is 13.1 Å². The third-order valence-corrected chi connectivity index (χ3v) is 2.96. The molecule has 2 aromatic rings. The Kier molecular flexibility index (Phi) is 15.4. The molecule has 0 aliphatic heterocycles. The summed E-state index contributed by atoms with van der Waals surface area (Å²) in [5.41, 5.74) is 16.3. The zero-order valence-corrected chi connectivity index (χ0v) is 16.0. The highest BCUT2D eigenvalue weighted by Crippen LogP contribution is 2.16. The molecule has 0 aliphatic rings. The second-order valence-corrected chi connectivity index (χ2v) is 4.55. The van der Waals surface area contributed by atoms with Gasteiger partial charge in [-0.25, -0.2) is 0 Å². The molecule has 4 nitrogen and oxygen atoms in total. The van der Waals surface area contributed by atoms with Crippen LogP contribution in [0, 0.1) is 6.92 Å². The summed E-state index contributed by atoms with van der Waals surface area (Å²) in [6.07, 6.45) is 0. The highest BCUT2D eigenvalue weighted by atomic mass is 35.5. The number of hydrogen-bond acceptors (Lipinski definition) is 4. The lowest BCUT2D eigenvalue weighted by Crippen LogP contribution is -2.13. The number of benzene rings is 2. The summed E-state index contributed by atoms with van der Waals surface area (Å²) >= 11 is 0. The van der Waals surface area contributed by atoms with E-state index < -0.39 is 0 Å². The molecule has 0 fully saturated rings. The maximum atomic E-state index is 5.78. The molecule has 132 valence electrons. The van der Waals surface area contributed by atoms with Gasteiger partial charge in [-0.2, -0.15) is 0 Å². The van der Waals surface area contributed by atoms with Crippen molar-refractivity contribution in [1.82, 2.24) is 0 Å². The van der Waals surface area contributed by atoms with Gasteiger partial charge in [0, 0.05) is 35.8 Å². The molecule has 0 radical (unpaired) electrons. The van der Waals surface area contributed by atoms with Crippen LogP contribution < -0.4 is 22.1 Å². The predicted octanol–water partition coefficient (Wildman–Crippen LogP) is 4.37. The maximum absolute atomic E-state index is 5.78. The minimum Gasteiger partial charge on any atom is -0.399 e. The van der Waals surface area contributed by atoms with Crippen molar-refractivity contribution in [2.75, 3.05) is 35.2 Å². The van der Waals surface area contributed by atoms with Gasteiger partial charge in [0.15, 0.2) is 0 Å². The fraction of sp³-hybridized carbons (Fsp3) is 0.200. The van der Waals surface area contributed by atoms with E-state index in [-0.39, 0.29) is 49.6 Å². The zero-order valence-electron chi connectivity index (χ0n) is 12.7. The summed E-state index contributed by atoms with van der Waals surface area (Å²) < 4.78 is 0. The lowest BCUT2D eigenvalue weighted by atomic mass is 10.2. The van der Waals surface area contributed by atoms with Gasteiger partial charge in [0.1, 0.15) is 0 Å². The lowest BCUT2D eigenvalue weighted by molar-refractivity contribution is 1.08. The monoisotopic (exact) mass is 400 g/mol. The van der Waals surface area contributed by atoms with E-state index in [0.29, 0.717) is 0 Å². The fourth-order valence-corrected chi connectivity index (χ4v) is 1.80. The SMILES string of the molecule is Cc1cc(NCCNc2ccc(N)cc2)ccc1N.Cl.Cl.Cl.Cl. The summed E-state index contributed by atoms with van der Waals surface area (Å²) in [6, 6.07) is 13.7. The van der Waals surface area contributed by atoms with Gasteiger partial charge in [-0.15, -0.1) is 49.6 Å². The summed E-state index contributed by atoms with van der Waals surface area (Å²) in [5, 5.41) is 6.68. The van der Waals surface area contributed by atoms with Crippen LogP contribution in [0.5, 0.6) is 0 Å². The number of aryl methyl sites for hydroxylation is 1. The summed E-state index contributed by atoms with van der Waals surface area (Å²) in [4.78, 5) is 0. The minimum atomic E-state index is 0. The van der Waals surface area contributed by atoms with Crippen LogP contribution in [0.25, 0.3) is 0 Å². The number of nitrogens with two attached hydrogens (primary N) is 2. The summed E-state index contributed by atoms with van der Waals surface area (Å²) in [7, 11) is 0. The van der Waals surface area contributed by atoms with Gasteiger partial charge in [0.25, 0.3) is 0 Å². The Morgan fingerprint density at radius 3 is 1.74 bits per heavy atom. The number of nitrogens with one attached hydrogen (secondary N) is 2. The predicted molar refractivity (Wildman–Crippen MR) is 112 cm³/mol. The van der Waals surface area contributed by atoms with E-state index in [9.17, 15) is 0 Å². The second-order valence-electron chi connectivity index (χ2n) is 4.55. The van der Waals surface area contributed by atoms with Crippen molar-refractivity contribution in [2.24, 2.45) is 0 Å². The molecule has 0 saturated heterocycles. The first-order chi connectivity index (χ1) is 9.15. The molecular weight excluding hydrogens is 378 g/mol. The van der Waals surface area contributed by atoms with Gasteiger partial charge in [-0.05, 0) is 55.0 Å². The van der Waals surface area contributed by atoms with Gasteiger partial charge in [0.05, 0.1) is 0 Å². The van der Waals surface area contributed by atoms with Gasteiger partial charge >= 0.3 is 0 Å². The average Bonchev–Trinajstić information content (AvgIpc) is 2.41. The van der Waals surface area contributed by atoms with E-state index in [2.05, 4.69) is 16.7 Å². The molecule has 0 aliphatic carbocycles. The molecule has 23 heavy (non-hydrogen) atoms. The van der Waals surface area contributed by atoms with E-state index in [1.165, 1.54) is 0 Å². The third kappa shape index (κ3) is 8.86. The number of rotatable bonds is 5. The average molecular weight is 402 g/mol. The van der Waals surface area contributed by atoms with Crippen LogP contribution in [0.15, 0.2) is 42.5 Å². The maximum Gasteiger partial charge on any atom is 0.0345 e. The molecule has 0 atom stereocenters. The Hall–Kier alpha value is -1.20. The van der Waals surface area contributed by atoms with Crippen LogP contribution in [-0.2, 0) is 0 Å². The molecule has 2 aromatic carbocycles. The van der Waals surface area contributed by atoms with Crippen molar-refractivity contribution in [3.8, 4) is 0 Å². The molecule has 2 rings (SSSR count). The van der Waals surface area contributed by atoms with Crippen molar-refractivity contribution < 1.29 is 0 Å². The lowest BCUT2D eigenvalue weighted by Gasteiger charge is -2.10. The summed E-state index contributed by atoms with van der Waals surface area (Å²) in [5.74, 6) is 0. The van der Waals surface area contributed by atoms with Gasteiger partial charge in [-0.1, -0.05) is 0 Å². The van der Waals surface area contributed by atoms with Crippen LogP contribution in [0.3, 0.4) is 0 Å². The molecule has 0 amide bonds. The molecule has 0 aromatic heterocycles. The van der Waals surface area contributed by atoms with Crippen molar-refractivity contribution in [3.05, 3.63) is 48.0 Å². The highest BCUT2D eigenvalue weighted by molar-refractivity contribution is 5.86.